The zero-order valence-corrected chi connectivity index (χ0v) is 12.6. The molecule has 0 saturated carbocycles. The second kappa shape index (κ2) is 5.89. The van der Waals surface area contributed by atoms with E-state index in [4.69, 9.17) is 4.74 Å². The average molecular weight is 289 g/mol. The number of aryl methyl sites for hydroxylation is 2. The van der Waals surface area contributed by atoms with Crippen molar-refractivity contribution in [3.63, 3.8) is 0 Å². The number of hydrogen-bond donors (Lipinski definition) is 1. The molecule has 2 aromatic rings. The fraction of sp³-hybridized carbons (Fsp3) is 0.467. The van der Waals surface area contributed by atoms with Crippen LogP contribution in [0.1, 0.15) is 23.8 Å². The smallest absolute Gasteiger partial charge is 0.138 e. The Balaban J connectivity index is 1.70. The van der Waals surface area contributed by atoms with Gasteiger partial charge < -0.3 is 10.1 Å². The topological polar surface area (TPSA) is 47.0 Å². The summed E-state index contributed by atoms with van der Waals surface area (Å²) >= 11 is 1.81. The maximum absolute atomic E-state index is 5.50. The molecule has 0 fully saturated rings. The Morgan fingerprint density at radius 1 is 1.45 bits per heavy atom. The Labute approximate surface area is 122 Å². The Morgan fingerprint density at radius 3 is 3.20 bits per heavy atom. The highest BCUT2D eigenvalue weighted by Crippen LogP contribution is 2.38. The van der Waals surface area contributed by atoms with Crippen LogP contribution >= 0.6 is 11.3 Å². The normalized spacial score (nSPS) is 13.7. The van der Waals surface area contributed by atoms with Crippen LogP contribution in [0.4, 0.5) is 5.82 Å². The van der Waals surface area contributed by atoms with Crippen molar-refractivity contribution >= 4 is 27.4 Å². The van der Waals surface area contributed by atoms with E-state index < -0.39 is 0 Å². The van der Waals surface area contributed by atoms with E-state index >= 15 is 0 Å². The first kappa shape index (κ1) is 13.5. The molecule has 0 radical (unpaired) electrons. The number of fused-ring (bicyclic) bond motifs is 3. The lowest BCUT2D eigenvalue weighted by Gasteiger charge is -2.08. The Bertz CT molecular complexity index is 635. The summed E-state index contributed by atoms with van der Waals surface area (Å²) in [7, 11) is 0. The monoisotopic (exact) mass is 289 g/mol. The predicted molar refractivity (Wildman–Crippen MR) is 83.6 cm³/mol. The van der Waals surface area contributed by atoms with Gasteiger partial charge in [0.15, 0.2) is 0 Å². The van der Waals surface area contributed by atoms with Gasteiger partial charge in [-0.1, -0.05) is 12.2 Å². The molecule has 1 aliphatic carbocycles. The summed E-state index contributed by atoms with van der Waals surface area (Å²) in [5.74, 6) is 0.952. The highest BCUT2D eigenvalue weighted by molar-refractivity contribution is 7.19. The summed E-state index contributed by atoms with van der Waals surface area (Å²) in [6.45, 7) is 7.82. The van der Waals surface area contributed by atoms with E-state index in [2.05, 4.69) is 21.9 Å². The first-order valence-electron chi connectivity index (χ1n) is 6.97. The molecule has 5 heteroatoms. The van der Waals surface area contributed by atoms with Crippen LogP contribution in [-0.2, 0) is 17.6 Å². The third-order valence-corrected chi connectivity index (χ3v) is 4.59. The summed E-state index contributed by atoms with van der Waals surface area (Å²) < 4.78 is 5.50. The molecule has 0 bridgehead atoms. The van der Waals surface area contributed by atoms with Crippen molar-refractivity contribution in [3.05, 3.63) is 28.9 Å². The van der Waals surface area contributed by atoms with Gasteiger partial charge in [-0.3, -0.25) is 0 Å². The summed E-state index contributed by atoms with van der Waals surface area (Å²) in [4.78, 5) is 11.4. The molecule has 106 valence electrons. The van der Waals surface area contributed by atoms with Crippen LogP contribution in [-0.4, -0.2) is 29.7 Å². The Morgan fingerprint density at radius 2 is 2.35 bits per heavy atom. The summed E-state index contributed by atoms with van der Waals surface area (Å²) in [5.41, 5.74) is 2.50. The number of aromatic nitrogens is 2. The highest BCUT2D eigenvalue weighted by atomic mass is 32.1. The largest absolute Gasteiger partial charge is 0.375 e. The second-order valence-electron chi connectivity index (χ2n) is 5.20. The van der Waals surface area contributed by atoms with Crippen LogP contribution in [0.2, 0.25) is 0 Å². The van der Waals surface area contributed by atoms with Gasteiger partial charge in [0.2, 0.25) is 0 Å². The standard InChI is InChI=1S/C15H19N3OS/c1-10(2)8-19-7-6-16-14-13-11-4-3-5-12(11)20-15(13)18-9-17-14/h9H,1,3-8H2,2H3,(H,16,17,18). The van der Waals surface area contributed by atoms with E-state index in [1.165, 1.54) is 28.7 Å². The number of ether oxygens (including phenoxy) is 1. The lowest BCUT2D eigenvalue weighted by Crippen LogP contribution is -2.11. The fourth-order valence-corrected chi connectivity index (χ4v) is 3.78. The quantitative estimate of drug-likeness (QED) is 0.655. The van der Waals surface area contributed by atoms with Crippen LogP contribution in [0.5, 0.6) is 0 Å². The predicted octanol–water partition coefficient (Wildman–Crippen LogP) is 3.18. The van der Waals surface area contributed by atoms with Crippen LogP contribution in [0.25, 0.3) is 10.2 Å². The van der Waals surface area contributed by atoms with Crippen LogP contribution in [0, 0.1) is 0 Å². The van der Waals surface area contributed by atoms with E-state index in [0.29, 0.717) is 13.2 Å². The third kappa shape index (κ3) is 2.69. The zero-order chi connectivity index (χ0) is 13.9. The number of hydrogen-bond acceptors (Lipinski definition) is 5. The number of nitrogens with one attached hydrogen (secondary N) is 1. The minimum atomic E-state index is 0.620. The molecule has 0 amide bonds. The van der Waals surface area contributed by atoms with Gasteiger partial charge in [-0.15, -0.1) is 11.3 Å². The molecule has 1 N–H and O–H groups in total. The molecule has 2 heterocycles. The summed E-state index contributed by atoms with van der Waals surface area (Å²) in [6, 6.07) is 0. The number of thiophene rings is 1. The molecule has 0 aliphatic heterocycles. The van der Waals surface area contributed by atoms with Gasteiger partial charge in [0, 0.05) is 11.4 Å². The van der Waals surface area contributed by atoms with Gasteiger partial charge in [-0.2, -0.15) is 0 Å². The van der Waals surface area contributed by atoms with E-state index in [-0.39, 0.29) is 0 Å². The lowest BCUT2D eigenvalue weighted by atomic mass is 10.2. The van der Waals surface area contributed by atoms with Crippen LogP contribution in [0.3, 0.4) is 0 Å². The van der Waals surface area contributed by atoms with Crippen molar-refractivity contribution in [2.45, 2.75) is 26.2 Å². The third-order valence-electron chi connectivity index (χ3n) is 3.39. The molecule has 2 aromatic heterocycles. The fourth-order valence-electron chi connectivity index (χ4n) is 2.55. The van der Waals surface area contributed by atoms with Gasteiger partial charge in [0.25, 0.3) is 0 Å². The molecular weight excluding hydrogens is 270 g/mol. The maximum atomic E-state index is 5.50. The van der Waals surface area contributed by atoms with Crippen LogP contribution in [0.15, 0.2) is 18.5 Å². The maximum Gasteiger partial charge on any atom is 0.138 e. The van der Waals surface area contributed by atoms with E-state index in [0.717, 1.165) is 29.2 Å². The highest BCUT2D eigenvalue weighted by Gasteiger charge is 2.20. The zero-order valence-electron chi connectivity index (χ0n) is 11.7. The van der Waals surface area contributed by atoms with Gasteiger partial charge in [0.1, 0.15) is 17.0 Å². The van der Waals surface area contributed by atoms with Gasteiger partial charge in [-0.25, -0.2) is 9.97 Å². The molecule has 0 atom stereocenters. The van der Waals surface area contributed by atoms with Crippen molar-refractivity contribution in [3.8, 4) is 0 Å². The number of anilines is 1. The van der Waals surface area contributed by atoms with E-state index in [9.17, 15) is 0 Å². The molecular formula is C15H19N3OS. The Hall–Kier alpha value is -1.46. The summed E-state index contributed by atoms with van der Waals surface area (Å²) in [6.07, 6.45) is 5.25. The molecule has 3 rings (SSSR count). The van der Waals surface area contributed by atoms with Gasteiger partial charge in [-0.05, 0) is 31.7 Å². The SMILES string of the molecule is C=C(C)COCCNc1ncnc2sc3c(c12)CCC3. The van der Waals surface area contributed by atoms with E-state index in [1.54, 1.807) is 6.33 Å². The first-order valence-corrected chi connectivity index (χ1v) is 7.78. The van der Waals surface area contributed by atoms with Gasteiger partial charge in [0.05, 0.1) is 18.6 Å². The molecule has 20 heavy (non-hydrogen) atoms. The second-order valence-corrected chi connectivity index (χ2v) is 6.28. The van der Waals surface area contributed by atoms with Crippen molar-refractivity contribution in [2.24, 2.45) is 0 Å². The van der Waals surface area contributed by atoms with Crippen molar-refractivity contribution in [1.29, 1.82) is 0 Å². The van der Waals surface area contributed by atoms with Crippen LogP contribution < -0.4 is 5.32 Å². The lowest BCUT2D eigenvalue weighted by molar-refractivity contribution is 0.167. The first-order chi connectivity index (χ1) is 9.75. The number of nitrogens with zero attached hydrogens (tertiary/aromatic N) is 2. The molecule has 4 nitrogen and oxygen atoms in total. The molecule has 0 aromatic carbocycles. The molecule has 0 saturated heterocycles. The minimum absolute atomic E-state index is 0.620. The van der Waals surface area contributed by atoms with E-state index in [1.807, 2.05) is 18.3 Å². The Kier molecular flexibility index (Phi) is 3.98. The summed E-state index contributed by atoms with van der Waals surface area (Å²) in [5, 5.41) is 4.60. The minimum Gasteiger partial charge on any atom is -0.375 e. The van der Waals surface area contributed by atoms with Crippen molar-refractivity contribution in [2.75, 3.05) is 25.1 Å². The van der Waals surface area contributed by atoms with Crippen molar-refractivity contribution < 1.29 is 4.74 Å². The molecule has 0 unspecified atom stereocenters. The van der Waals surface area contributed by atoms with Gasteiger partial charge >= 0.3 is 0 Å². The molecule has 0 spiro atoms. The van der Waals surface area contributed by atoms with Crippen molar-refractivity contribution in [1.82, 2.24) is 9.97 Å². The average Bonchev–Trinajstić information content (AvgIpc) is 2.98. The molecule has 1 aliphatic rings. The number of rotatable bonds is 6.